The molecule has 4 heteroatoms. The molecule has 0 amide bonds. The predicted octanol–water partition coefficient (Wildman–Crippen LogP) is 2.38. The molecule has 7 heavy (non-hydrogen) atoms. The van der Waals surface area contributed by atoms with Gasteiger partial charge in [0.2, 0.25) is 0 Å². The molecule has 44 valence electrons. The van der Waals surface area contributed by atoms with Crippen LogP contribution in [-0.4, -0.2) is 12.8 Å². The fourth-order valence-corrected chi connectivity index (χ4v) is 4.47. The quantitative estimate of drug-likeness (QED) is 0.561. The predicted molar refractivity (Wildman–Crippen MR) is 42.1 cm³/mol. The summed E-state index contributed by atoms with van der Waals surface area (Å²) in [6, 6.07) is 0. The molecule has 0 aliphatic carbocycles. The van der Waals surface area contributed by atoms with Gasteiger partial charge in [-0.1, -0.05) is 24.1 Å². The second kappa shape index (κ2) is 3.18. The van der Waals surface area contributed by atoms with E-state index in [4.69, 9.17) is 0 Å². The molecule has 0 aromatic rings. The lowest BCUT2D eigenvalue weighted by molar-refractivity contribution is 0.596. The van der Waals surface area contributed by atoms with E-state index in [1.54, 1.807) is 6.66 Å². The maximum atomic E-state index is 10.8. The Morgan fingerprint density at radius 2 is 2.29 bits per heavy atom. The summed E-state index contributed by atoms with van der Waals surface area (Å²) in [6.45, 7) is 2.14. The van der Waals surface area contributed by atoms with E-state index in [9.17, 15) is 4.57 Å². The van der Waals surface area contributed by atoms with Gasteiger partial charge in [0.05, 0.1) is 0 Å². The molecule has 0 aliphatic heterocycles. The first-order valence-corrected chi connectivity index (χ1v) is 7.99. The molecule has 0 spiro atoms. The molecule has 1 nitrogen and oxygen atoms in total. The van der Waals surface area contributed by atoms with Gasteiger partial charge in [0.1, 0.15) is 6.52 Å². The smallest absolute Gasteiger partial charge is 0.115 e. The Hall–Kier alpha value is 1.09. The first-order chi connectivity index (χ1) is 3.06. The average Bonchev–Trinajstić information content (AvgIpc) is 1.30. The average molecular weight is 156 g/mol. The molecule has 0 aromatic heterocycles. The van der Waals surface area contributed by atoms with E-state index in [-0.39, 0.29) is 0 Å². The van der Waals surface area contributed by atoms with E-state index in [1.165, 1.54) is 0 Å². The second-order valence-electron chi connectivity index (χ2n) is 1.50. The maximum absolute atomic E-state index is 10.8. The van der Waals surface area contributed by atoms with Crippen molar-refractivity contribution >= 4 is 23.7 Å². The molecule has 0 saturated carbocycles. The Bertz CT molecular complexity index is 84.2. The van der Waals surface area contributed by atoms with Crippen LogP contribution in [0.2, 0.25) is 0 Å². The van der Waals surface area contributed by atoms with Gasteiger partial charge < -0.3 is 4.57 Å². The molecule has 0 heterocycles. The Morgan fingerprint density at radius 1 is 1.86 bits per heavy atom. The van der Waals surface area contributed by atoms with Crippen molar-refractivity contribution in [3.8, 4) is 0 Å². The number of hydrogen-bond acceptors (Lipinski definition) is 1. The summed E-state index contributed by atoms with van der Waals surface area (Å²) in [5.74, 6) is 0. The van der Waals surface area contributed by atoms with Crippen molar-refractivity contribution in [2.45, 2.75) is 6.92 Å². The number of hydrogen-bond donors (Lipinski definition) is 0. The third kappa shape index (κ3) is 7.09. The highest BCUT2D eigenvalue weighted by Gasteiger charge is 2.01. The largest absolute Gasteiger partial charge is 0.315 e. The van der Waals surface area contributed by atoms with Gasteiger partial charge in [0.15, 0.2) is 0 Å². The standard InChI is InChI=1S/C3H11OP3/c1-3-6-7(2,4)5/h6H,3,5H2,1-2H3. The summed E-state index contributed by atoms with van der Waals surface area (Å²) in [7, 11) is 3.05. The van der Waals surface area contributed by atoms with E-state index in [0.717, 1.165) is 6.16 Å². The third-order valence-electron chi connectivity index (χ3n) is 0.472. The normalized spacial score (nSPS) is 20.4. The van der Waals surface area contributed by atoms with Crippen LogP contribution < -0.4 is 0 Å². The first kappa shape index (κ1) is 8.09. The second-order valence-corrected chi connectivity index (χ2v) is 12.6. The van der Waals surface area contributed by atoms with E-state index >= 15 is 0 Å². The van der Waals surface area contributed by atoms with Crippen LogP contribution in [0, 0.1) is 0 Å². The van der Waals surface area contributed by atoms with Crippen LogP contribution in [-0.2, 0) is 4.57 Å². The minimum absolute atomic E-state index is 0.643. The molecule has 0 saturated heterocycles. The fourth-order valence-electron chi connectivity index (χ4n) is 0.314. The summed E-state index contributed by atoms with van der Waals surface area (Å²) < 4.78 is 10.8. The van der Waals surface area contributed by atoms with Crippen LogP contribution in [0.3, 0.4) is 0 Å². The van der Waals surface area contributed by atoms with Crippen molar-refractivity contribution in [1.29, 1.82) is 0 Å². The molecule has 0 aromatic carbocycles. The van der Waals surface area contributed by atoms with E-state index in [2.05, 4.69) is 15.9 Å². The van der Waals surface area contributed by atoms with Gasteiger partial charge in [0, 0.05) is 0 Å². The number of rotatable bonds is 2. The minimum Gasteiger partial charge on any atom is -0.315 e. The highest BCUT2D eigenvalue weighted by atomic mass is 32.4. The van der Waals surface area contributed by atoms with Crippen LogP contribution in [0.25, 0.3) is 0 Å². The fraction of sp³-hybridized carbons (Fsp3) is 1.00. The minimum atomic E-state index is -1.72. The molecular weight excluding hydrogens is 145 g/mol. The van der Waals surface area contributed by atoms with E-state index in [1.807, 2.05) is 0 Å². The highest BCUT2D eigenvalue weighted by molar-refractivity contribution is 8.50. The Kier molecular flexibility index (Phi) is 3.68. The van der Waals surface area contributed by atoms with Crippen LogP contribution in [0.15, 0.2) is 0 Å². The van der Waals surface area contributed by atoms with Crippen molar-refractivity contribution in [2.75, 3.05) is 12.8 Å². The lowest BCUT2D eigenvalue weighted by Gasteiger charge is -2.00. The monoisotopic (exact) mass is 156 g/mol. The van der Waals surface area contributed by atoms with Crippen molar-refractivity contribution in [2.24, 2.45) is 0 Å². The van der Waals surface area contributed by atoms with Crippen molar-refractivity contribution in [3.63, 3.8) is 0 Å². The summed E-state index contributed by atoms with van der Waals surface area (Å²) in [5.41, 5.74) is 0. The zero-order valence-electron chi connectivity index (χ0n) is 4.64. The molecule has 0 N–H and O–H groups in total. The Labute approximate surface area is 48.8 Å². The zero-order chi connectivity index (χ0) is 5.91. The summed E-state index contributed by atoms with van der Waals surface area (Å²) in [6.07, 6.45) is 1.05. The SMILES string of the molecule is CCPP(C)(=O)P. The van der Waals surface area contributed by atoms with Gasteiger partial charge in [-0.2, -0.15) is 0 Å². The molecule has 0 bridgehead atoms. The highest BCUT2D eigenvalue weighted by Crippen LogP contribution is 2.66. The molecule has 3 atom stereocenters. The topological polar surface area (TPSA) is 17.1 Å². The van der Waals surface area contributed by atoms with Crippen LogP contribution in [0.1, 0.15) is 6.92 Å². The molecular formula is C3H11OP3. The van der Waals surface area contributed by atoms with Crippen LogP contribution in [0.4, 0.5) is 0 Å². The first-order valence-electron chi connectivity index (χ1n) is 2.17. The van der Waals surface area contributed by atoms with Gasteiger partial charge in [-0.05, 0) is 12.8 Å². The molecule has 0 radical (unpaired) electrons. The Balaban J connectivity index is 3.36. The van der Waals surface area contributed by atoms with Crippen molar-refractivity contribution < 1.29 is 4.57 Å². The third-order valence-corrected chi connectivity index (χ3v) is 5.89. The van der Waals surface area contributed by atoms with Gasteiger partial charge in [0.25, 0.3) is 0 Å². The van der Waals surface area contributed by atoms with Crippen LogP contribution in [0.5, 0.6) is 0 Å². The summed E-state index contributed by atoms with van der Waals surface area (Å²) >= 11 is 0. The lowest BCUT2D eigenvalue weighted by Crippen LogP contribution is -1.55. The van der Waals surface area contributed by atoms with Gasteiger partial charge in [-0.3, -0.25) is 0 Å². The van der Waals surface area contributed by atoms with E-state index in [0.29, 0.717) is 8.27 Å². The zero-order valence-corrected chi connectivity index (χ0v) is 7.69. The van der Waals surface area contributed by atoms with Gasteiger partial charge in [-0.15, -0.1) is 0 Å². The Morgan fingerprint density at radius 3 is 2.29 bits per heavy atom. The van der Waals surface area contributed by atoms with Crippen LogP contribution >= 0.6 is 23.7 Å². The van der Waals surface area contributed by atoms with Crippen molar-refractivity contribution in [3.05, 3.63) is 0 Å². The maximum Gasteiger partial charge on any atom is 0.115 e. The summed E-state index contributed by atoms with van der Waals surface area (Å²) in [4.78, 5) is 0. The summed E-state index contributed by atoms with van der Waals surface area (Å²) in [5, 5.41) is 0. The molecule has 0 aliphatic rings. The van der Waals surface area contributed by atoms with Gasteiger partial charge >= 0.3 is 0 Å². The van der Waals surface area contributed by atoms with E-state index < -0.39 is 6.52 Å². The lowest BCUT2D eigenvalue weighted by atomic mass is 11.0. The molecule has 0 rings (SSSR count). The molecule has 0 fully saturated rings. The molecule has 3 unspecified atom stereocenters. The van der Waals surface area contributed by atoms with Gasteiger partial charge in [-0.25, -0.2) is 0 Å². The van der Waals surface area contributed by atoms with Crippen molar-refractivity contribution in [1.82, 2.24) is 0 Å².